The Labute approximate surface area is 120 Å². The Balaban J connectivity index is 2.23. The van der Waals surface area contributed by atoms with Gasteiger partial charge in [0.2, 0.25) is 0 Å². The molecule has 0 bridgehead atoms. The van der Waals surface area contributed by atoms with Crippen molar-refractivity contribution in [3.63, 3.8) is 0 Å². The molecule has 1 saturated carbocycles. The predicted molar refractivity (Wildman–Crippen MR) is 84.3 cm³/mol. The molecule has 0 saturated heterocycles. The highest BCUT2D eigenvalue weighted by Crippen LogP contribution is 2.31. The van der Waals surface area contributed by atoms with E-state index in [1.54, 1.807) is 0 Å². The maximum atomic E-state index is 4.66. The van der Waals surface area contributed by atoms with E-state index in [9.17, 15) is 0 Å². The first-order valence-corrected chi connectivity index (χ1v) is 8.33. The van der Waals surface area contributed by atoms with Crippen LogP contribution in [0.4, 0.5) is 11.6 Å². The number of anilines is 2. The van der Waals surface area contributed by atoms with Gasteiger partial charge in [-0.05, 0) is 26.0 Å². The number of aryl methyl sites for hydroxylation is 1. The number of rotatable bonds is 5. The van der Waals surface area contributed by atoms with E-state index >= 15 is 0 Å². The second kappa shape index (κ2) is 6.46. The number of hydrogen-bond donors (Lipinski definition) is 2. The van der Waals surface area contributed by atoms with Gasteiger partial charge in [-0.2, -0.15) is 11.8 Å². The molecule has 0 aromatic carbocycles. The van der Waals surface area contributed by atoms with E-state index in [0.717, 1.165) is 29.4 Å². The largest absolute Gasteiger partial charge is 0.373 e. The third-order valence-electron chi connectivity index (χ3n) is 3.82. The Bertz CT molecular complexity index is 436. The van der Waals surface area contributed by atoms with Crippen molar-refractivity contribution in [3.8, 4) is 0 Å². The van der Waals surface area contributed by atoms with Gasteiger partial charge in [-0.1, -0.05) is 13.3 Å². The number of thioether (sulfide) groups is 1. The SMILES string of the molecule is CCc1nc(NC)c(C)c(NC2CCCC2SC)n1. The molecule has 0 aliphatic heterocycles. The van der Waals surface area contributed by atoms with E-state index in [1.165, 1.54) is 19.3 Å². The van der Waals surface area contributed by atoms with E-state index < -0.39 is 0 Å². The highest BCUT2D eigenvalue weighted by atomic mass is 32.2. The van der Waals surface area contributed by atoms with Crippen LogP contribution in [0.1, 0.15) is 37.6 Å². The lowest BCUT2D eigenvalue weighted by Gasteiger charge is -2.22. The molecule has 2 atom stereocenters. The molecule has 1 aliphatic carbocycles. The lowest BCUT2D eigenvalue weighted by Crippen LogP contribution is -2.27. The van der Waals surface area contributed by atoms with Gasteiger partial charge in [-0.3, -0.25) is 0 Å². The second-order valence-electron chi connectivity index (χ2n) is 5.02. The standard InChI is InChI=1S/C14H24N4S/c1-5-12-17-13(15-3)9(2)14(18-12)16-10-7-6-8-11(10)19-4/h10-11H,5-8H2,1-4H3,(H2,15,16,17,18). The summed E-state index contributed by atoms with van der Waals surface area (Å²) in [6.07, 6.45) is 6.93. The third kappa shape index (κ3) is 3.14. The molecule has 1 aromatic heterocycles. The van der Waals surface area contributed by atoms with Crippen LogP contribution in [0.3, 0.4) is 0 Å². The first kappa shape index (κ1) is 14.4. The maximum absolute atomic E-state index is 4.66. The summed E-state index contributed by atoms with van der Waals surface area (Å²) in [4.78, 5) is 9.18. The predicted octanol–water partition coefficient (Wildman–Crippen LogP) is 3.09. The van der Waals surface area contributed by atoms with Crippen LogP contribution in [0.15, 0.2) is 0 Å². The zero-order valence-electron chi connectivity index (χ0n) is 12.3. The molecular weight excluding hydrogens is 256 g/mol. The summed E-state index contributed by atoms with van der Waals surface area (Å²) in [6.45, 7) is 4.17. The van der Waals surface area contributed by atoms with Gasteiger partial charge < -0.3 is 10.6 Å². The number of aromatic nitrogens is 2. The zero-order valence-corrected chi connectivity index (χ0v) is 13.1. The monoisotopic (exact) mass is 280 g/mol. The summed E-state index contributed by atoms with van der Waals surface area (Å²) < 4.78 is 0. The van der Waals surface area contributed by atoms with Crippen LogP contribution in [0.5, 0.6) is 0 Å². The van der Waals surface area contributed by atoms with Crippen molar-refractivity contribution in [2.24, 2.45) is 0 Å². The molecule has 0 spiro atoms. The topological polar surface area (TPSA) is 49.8 Å². The van der Waals surface area contributed by atoms with Crippen LogP contribution in [-0.2, 0) is 6.42 Å². The third-order valence-corrected chi connectivity index (χ3v) is 4.99. The first-order valence-electron chi connectivity index (χ1n) is 7.04. The van der Waals surface area contributed by atoms with Crippen molar-refractivity contribution in [1.29, 1.82) is 0 Å². The van der Waals surface area contributed by atoms with Gasteiger partial charge in [0.25, 0.3) is 0 Å². The lowest BCUT2D eigenvalue weighted by molar-refractivity contribution is 0.757. The lowest BCUT2D eigenvalue weighted by atomic mass is 10.2. The molecule has 1 fully saturated rings. The van der Waals surface area contributed by atoms with Crippen molar-refractivity contribution < 1.29 is 0 Å². The van der Waals surface area contributed by atoms with Crippen LogP contribution >= 0.6 is 11.8 Å². The molecule has 1 heterocycles. The van der Waals surface area contributed by atoms with Gasteiger partial charge in [0.05, 0.1) is 0 Å². The van der Waals surface area contributed by atoms with E-state index in [2.05, 4.69) is 40.7 Å². The normalized spacial score (nSPS) is 22.5. The van der Waals surface area contributed by atoms with Crippen molar-refractivity contribution >= 4 is 23.4 Å². The van der Waals surface area contributed by atoms with Gasteiger partial charge >= 0.3 is 0 Å². The number of nitrogens with zero attached hydrogens (tertiary/aromatic N) is 2. The summed E-state index contributed by atoms with van der Waals surface area (Å²) >= 11 is 1.96. The van der Waals surface area contributed by atoms with Crippen LogP contribution < -0.4 is 10.6 Å². The fourth-order valence-corrected chi connectivity index (χ4v) is 3.59. The van der Waals surface area contributed by atoms with E-state index in [-0.39, 0.29) is 0 Å². The average molecular weight is 280 g/mol. The summed E-state index contributed by atoms with van der Waals surface area (Å²) in [5.74, 6) is 2.84. The Morgan fingerprint density at radius 2 is 2.00 bits per heavy atom. The van der Waals surface area contributed by atoms with E-state index in [0.29, 0.717) is 11.3 Å². The minimum atomic E-state index is 0.540. The second-order valence-corrected chi connectivity index (χ2v) is 6.10. The molecule has 0 radical (unpaired) electrons. The molecular formula is C14H24N4S. The Morgan fingerprint density at radius 1 is 1.26 bits per heavy atom. The van der Waals surface area contributed by atoms with Crippen LogP contribution in [0, 0.1) is 6.92 Å². The molecule has 2 rings (SSSR count). The molecule has 19 heavy (non-hydrogen) atoms. The van der Waals surface area contributed by atoms with Gasteiger partial charge in [-0.25, -0.2) is 9.97 Å². The van der Waals surface area contributed by atoms with Crippen molar-refractivity contribution in [1.82, 2.24) is 9.97 Å². The average Bonchev–Trinajstić information content (AvgIpc) is 2.88. The van der Waals surface area contributed by atoms with Crippen molar-refractivity contribution in [2.45, 2.75) is 50.8 Å². The Hall–Kier alpha value is -0.970. The number of hydrogen-bond acceptors (Lipinski definition) is 5. The van der Waals surface area contributed by atoms with Crippen LogP contribution in [-0.4, -0.2) is 34.6 Å². The molecule has 1 aliphatic rings. The number of nitrogens with one attached hydrogen (secondary N) is 2. The fraction of sp³-hybridized carbons (Fsp3) is 0.714. The Kier molecular flexibility index (Phi) is 4.91. The first-order chi connectivity index (χ1) is 9.19. The molecule has 5 heteroatoms. The molecule has 1 aromatic rings. The summed E-state index contributed by atoms with van der Waals surface area (Å²) in [6, 6.07) is 0.540. The van der Waals surface area contributed by atoms with E-state index in [1.807, 2.05) is 18.8 Å². The summed E-state index contributed by atoms with van der Waals surface area (Å²) in [5, 5.41) is 7.52. The molecule has 0 amide bonds. The molecule has 2 N–H and O–H groups in total. The summed E-state index contributed by atoms with van der Waals surface area (Å²) in [5.41, 5.74) is 1.12. The minimum Gasteiger partial charge on any atom is -0.373 e. The molecule has 2 unspecified atom stereocenters. The van der Waals surface area contributed by atoms with E-state index in [4.69, 9.17) is 0 Å². The van der Waals surface area contributed by atoms with Gasteiger partial charge in [0, 0.05) is 30.3 Å². The quantitative estimate of drug-likeness (QED) is 0.868. The van der Waals surface area contributed by atoms with Crippen LogP contribution in [0.25, 0.3) is 0 Å². The highest BCUT2D eigenvalue weighted by Gasteiger charge is 2.27. The molecule has 4 nitrogen and oxygen atoms in total. The smallest absolute Gasteiger partial charge is 0.135 e. The van der Waals surface area contributed by atoms with Gasteiger partial charge in [0.15, 0.2) is 0 Å². The Morgan fingerprint density at radius 3 is 2.63 bits per heavy atom. The minimum absolute atomic E-state index is 0.540. The fourth-order valence-electron chi connectivity index (χ4n) is 2.65. The highest BCUT2D eigenvalue weighted by molar-refractivity contribution is 7.99. The molecule has 106 valence electrons. The van der Waals surface area contributed by atoms with Gasteiger partial charge in [-0.15, -0.1) is 0 Å². The van der Waals surface area contributed by atoms with Gasteiger partial charge in [0.1, 0.15) is 17.5 Å². The maximum Gasteiger partial charge on any atom is 0.135 e. The van der Waals surface area contributed by atoms with Crippen molar-refractivity contribution in [3.05, 3.63) is 11.4 Å². The van der Waals surface area contributed by atoms with Crippen LogP contribution in [0.2, 0.25) is 0 Å². The summed E-state index contributed by atoms with van der Waals surface area (Å²) in [7, 11) is 1.92. The zero-order chi connectivity index (χ0) is 13.8. The van der Waals surface area contributed by atoms with Crippen molar-refractivity contribution in [2.75, 3.05) is 23.9 Å².